The average Bonchev–Trinajstić information content (AvgIpc) is 2.84. The van der Waals surface area contributed by atoms with E-state index in [1.165, 1.54) is 0 Å². The van der Waals surface area contributed by atoms with Gasteiger partial charge < -0.3 is 35.2 Å². The normalized spacial score (nSPS) is 32.0. The number of hydrogen-bond donors (Lipinski definition) is 5. The third-order valence-corrected chi connectivity index (χ3v) is 7.01. The second-order valence-electron chi connectivity index (χ2n) is 9.78. The van der Waals surface area contributed by atoms with Crippen LogP contribution in [0.5, 0.6) is 0 Å². The predicted octanol–water partition coefficient (Wildman–Crippen LogP) is 0.612. The molecule has 1 aliphatic heterocycles. The average molecular weight is 494 g/mol. The number of hydrogen-bond acceptors (Lipinski definition) is 8. The Hall–Kier alpha value is -2.53. The summed E-state index contributed by atoms with van der Waals surface area (Å²) in [5.41, 5.74) is 0.752. The molecule has 1 aromatic rings. The number of carboxylic acids is 1. The standard InChI is InChI=1S/C25H35NO9/c1-13(2)15-8-10-16(11-9-15)22(30)26-17(12-14-6-4-3-5-7-14)24(33)35-25-20(29)18(27)19(28)21(34-25)23(31)32/h3-7,13,15-21,25,27-29H,8-12H2,1-2H3,(H,26,30)(H,31,32)/t15?,16?,17-,18+,19+,20-,21+,25?/m1/s1. The number of benzene rings is 1. The van der Waals surface area contributed by atoms with E-state index >= 15 is 0 Å². The van der Waals surface area contributed by atoms with Crippen LogP contribution in [0.4, 0.5) is 0 Å². The van der Waals surface area contributed by atoms with Crippen molar-refractivity contribution in [3.05, 3.63) is 35.9 Å². The molecule has 1 heterocycles. The fourth-order valence-corrected chi connectivity index (χ4v) is 4.73. The zero-order valence-electron chi connectivity index (χ0n) is 19.9. The van der Waals surface area contributed by atoms with E-state index in [2.05, 4.69) is 19.2 Å². The van der Waals surface area contributed by atoms with Gasteiger partial charge in [-0.15, -0.1) is 0 Å². The Morgan fingerprint density at radius 1 is 1.00 bits per heavy atom. The molecule has 1 aromatic carbocycles. The highest BCUT2D eigenvalue weighted by molar-refractivity contribution is 5.86. The maximum Gasteiger partial charge on any atom is 0.335 e. The molecule has 1 saturated heterocycles. The Bertz CT molecular complexity index is 869. The molecule has 1 aliphatic carbocycles. The lowest BCUT2D eigenvalue weighted by Crippen LogP contribution is -2.61. The van der Waals surface area contributed by atoms with Gasteiger partial charge in [-0.25, -0.2) is 9.59 Å². The molecule has 10 nitrogen and oxygen atoms in total. The molecule has 194 valence electrons. The van der Waals surface area contributed by atoms with Crippen LogP contribution in [0.25, 0.3) is 0 Å². The number of amides is 1. The van der Waals surface area contributed by atoms with E-state index < -0.39 is 48.7 Å². The largest absolute Gasteiger partial charge is 0.479 e. The molecule has 1 unspecified atom stereocenters. The Morgan fingerprint density at radius 3 is 2.20 bits per heavy atom. The van der Waals surface area contributed by atoms with Gasteiger partial charge in [-0.2, -0.15) is 0 Å². The summed E-state index contributed by atoms with van der Waals surface area (Å²) in [6, 6.07) is 7.83. The summed E-state index contributed by atoms with van der Waals surface area (Å²) >= 11 is 0. The number of aliphatic carboxylic acids is 1. The van der Waals surface area contributed by atoms with Gasteiger partial charge in [0.2, 0.25) is 12.2 Å². The van der Waals surface area contributed by atoms with Crippen molar-refractivity contribution in [2.24, 2.45) is 17.8 Å². The smallest absolute Gasteiger partial charge is 0.335 e. The molecule has 10 heteroatoms. The first-order valence-corrected chi connectivity index (χ1v) is 12.1. The lowest BCUT2D eigenvalue weighted by Gasteiger charge is -2.38. The Kier molecular flexibility index (Phi) is 9.23. The molecule has 0 radical (unpaired) electrons. The van der Waals surface area contributed by atoms with Crippen molar-refractivity contribution in [3.8, 4) is 0 Å². The van der Waals surface area contributed by atoms with Gasteiger partial charge in [0.25, 0.3) is 0 Å². The van der Waals surface area contributed by atoms with E-state index in [1.807, 2.05) is 6.07 Å². The molecule has 2 aliphatic rings. The minimum absolute atomic E-state index is 0.100. The van der Waals surface area contributed by atoms with Gasteiger partial charge in [0.1, 0.15) is 24.4 Å². The van der Waals surface area contributed by atoms with Crippen LogP contribution in [0.1, 0.15) is 45.1 Å². The van der Waals surface area contributed by atoms with Crippen LogP contribution in [-0.2, 0) is 30.3 Å². The van der Waals surface area contributed by atoms with Crippen LogP contribution < -0.4 is 5.32 Å². The van der Waals surface area contributed by atoms with Crippen LogP contribution in [-0.4, -0.2) is 75.0 Å². The van der Waals surface area contributed by atoms with Crippen molar-refractivity contribution >= 4 is 17.8 Å². The first-order chi connectivity index (χ1) is 16.6. The van der Waals surface area contributed by atoms with E-state index in [0.29, 0.717) is 11.8 Å². The maximum atomic E-state index is 13.1. The summed E-state index contributed by atoms with van der Waals surface area (Å²) in [4.78, 5) is 37.4. The van der Waals surface area contributed by atoms with Gasteiger partial charge in [0, 0.05) is 12.3 Å². The van der Waals surface area contributed by atoms with Gasteiger partial charge in [-0.1, -0.05) is 44.2 Å². The number of aliphatic hydroxyl groups excluding tert-OH is 3. The zero-order chi connectivity index (χ0) is 25.7. The first kappa shape index (κ1) is 27.1. The highest BCUT2D eigenvalue weighted by atomic mass is 16.7. The third-order valence-electron chi connectivity index (χ3n) is 7.01. The van der Waals surface area contributed by atoms with Gasteiger partial charge in [0.15, 0.2) is 6.10 Å². The van der Waals surface area contributed by atoms with E-state index in [9.17, 15) is 34.8 Å². The molecule has 1 saturated carbocycles. The van der Waals surface area contributed by atoms with Crippen LogP contribution >= 0.6 is 0 Å². The minimum Gasteiger partial charge on any atom is -0.479 e. The zero-order valence-corrected chi connectivity index (χ0v) is 19.9. The molecule has 1 amide bonds. The lowest BCUT2D eigenvalue weighted by atomic mass is 9.76. The number of esters is 1. The van der Waals surface area contributed by atoms with Crippen LogP contribution in [0.15, 0.2) is 30.3 Å². The maximum absolute atomic E-state index is 13.1. The summed E-state index contributed by atoms with van der Waals surface area (Å²) in [6.07, 6.45) is -6.01. The van der Waals surface area contributed by atoms with Crippen LogP contribution in [0.3, 0.4) is 0 Å². The van der Waals surface area contributed by atoms with Gasteiger partial charge in [0.05, 0.1) is 0 Å². The van der Waals surface area contributed by atoms with E-state index in [4.69, 9.17) is 9.47 Å². The Balaban J connectivity index is 1.71. The van der Waals surface area contributed by atoms with E-state index in [-0.39, 0.29) is 18.2 Å². The molecule has 2 fully saturated rings. The van der Waals surface area contributed by atoms with Crippen molar-refractivity contribution in [3.63, 3.8) is 0 Å². The lowest BCUT2D eigenvalue weighted by molar-refractivity contribution is -0.286. The summed E-state index contributed by atoms with van der Waals surface area (Å²) in [5.74, 6) is -1.93. The molecule has 35 heavy (non-hydrogen) atoms. The molecule has 0 aromatic heterocycles. The van der Waals surface area contributed by atoms with Crippen LogP contribution in [0, 0.1) is 17.8 Å². The Labute approximate surface area is 204 Å². The summed E-state index contributed by atoms with van der Waals surface area (Å²) in [5, 5.41) is 42.0. The van der Waals surface area contributed by atoms with Crippen molar-refractivity contribution in [2.45, 2.75) is 82.7 Å². The fourth-order valence-electron chi connectivity index (χ4n) is 4.73. The summed E-state index contributed by atoms with van der Waals surface area (Å²) < 4.78 is 10.3. The number of ether oxygens (including phenoxy) is 2. The first-order valence-electron chi connectivity index (χ1n) is 12.1. The molecular formula is C25H35NO9. The van der Waals surface area contributed by atoms with Crippen LogP contribution in [0.2, 0.25) is 0 Å². The van der Waals surface area contributed by atoms with E-state index in [1.54, 1.807) is 24.3 Å². The number of carboxylic acid groups (broad SMARTS) is 1. The molecule has 5 N–H and O–H groups in total. The monoisotopic (exact) mass is 493 g/mol. The van der Waals surface area contributed by atoms with Gasteiger partial charge in [-0.05, 0) is 43.1 Å². The molecule has 0 bridgehead atoms. The second kappa shape index (κ2) is 11.9. The third kappa shape index (κ3) is 6.78. The number of aliphatic hydroxyl groups is 3. The number of carbonyl (C=O) groups excluding carboxylic acids is 2. The SMILES string of the molecule is CC(C)C1CCC(C(=O)N[C@H](Cc2ccccc2)C(=O)OC2O[C@H](C(=O)O)[C@@H](O)[C@H](O)[C@H]2O)CC1. The van der Waals surface area contributed by atoms with Gasteiger partial charge in [-0.3, -0.25) is 4.79 Å². The molecule has 6 atom stereocenters. The van der Waals surface area contributed by atoms with Crippen molar-refractivity contribution in [1.29, 1.82) is 0 Å². The molecular weight excluding hydrogens is 458 g/mol. The number of nitrogens with one attached hydrogen (secondary N) is 1. The van der Waals surface area contributed by atoms with Crippen molar-refractivity contribution in [2.75, 3.05) is 0 Å². The van der Waals surface area contributed by atoms with Crippen molar-refractivity contribution in [1.82, 2.24) is 5.32 Å². The number of rotatable bonds is 8. The topological polar surface area (TPSA) is 163 Å². The fraction of sp³-hybridized carbons (Fsp3) is 0.640. The highest BCUT2D eigenvalue weighted by Crippen LogP contribution is 2.33. The molecule has 0 spiro atoms. The highest BCUT2D eigenvalue weighted by Gasteiger charge is 2.49. The molecule has 3 rings (SSSR count). The summed E-state index contributed by atoms with van der Waals surface area (Å²) in [6.45, 7) is 4.34. The predicted molar refractivity (Wildman–Crippen MR) is 123 cm³/mol. The number of carbonyl (C=O) groups is 3. The van der Waals surface area contributed by atoms with Crippen molar-refractivity contribution < 1.29 is 44.3 Å². The quantitative estimate of drug-likeness (QED) is 0.327. The van der Waals surface area contributed by atoms with E-state index in [0.717, 1.165) is 31.2 Å². The van der Waals surface area contributed by atoms with Gasteiger partial charge >= 0.3 is 11.9 Å². The minimum atomic E-state index is -1.90. The Morgan fingerprint density at radius 2 is 1.63 bits per heavy atom. The summed E-state index contributed by atoms with van der Waals surface area (Å²) in [7, 11) is 0. The second-order valence-corrected chi connectivity index (χ2v) is 9.78.